The number of hydrogen-bond donors (Lipinski definition) is 0. The number of thiophene rings is 1. The van der Waals surface area contributed by atoms with Crippen molar-refractivity contribution in [2.45, 2.75) is 19.0 Å². The first-order chi connectivity index (χ1) is 10.3. The summed E-state index contributed by atoms with van der Waals surface area (Å²) in [6.45, 7) is 5.36. The van der Waals surface area contributed by atoms with Crippen LogP contribution in [0.3, 0.4) is 0 Å². The minimum Gasteiger partial charge on any atom is -0.465 e. The fourth-order valence-corrected chi connectivity index (χ4v) is 5.16. The quantitative estimate of drug-likeness (QED) is 0.792. The first kappa shape index (κ1) is 15.3. The molecule has 0 aliphatic carbocycles. The van der Waals surface area contributed by atoms with Gasteiger partial charge in [0, 0.05) is 44.5 Å². The zero-order valence-corrected chi connectivity index (χ0v) is 14.0. The molecule has 1 atom stereocenters. The second-order valence-corrected chi connectivity index (χ2v) is 7.66. The second kappa shape index (κ2) is 7.13. The average molecular weight is 326 g/mol. The van der Waals surface area contributed by atoms with Gasteiger partial charge in [-0.25, -0.2) is 4.79 Å². The Hall–Kier alpha value is -0.560. The van der Waals surface area contributed by atoms with Crippen LogP contribution < -0.4 is 0 Å². The van der Waals surface area contributed by atoms with Crippen molar-refractivity contribution in [3.63, 3.8) is 0 Å². The van der Waals surface area contributed by atoms with Crippen molar-refractivity contribution < 1.29 is 9.53 Å². The fraction of sp³-hybridized carbons (Fsp3) is 0.667. The molecule has 4 nitrogen and oxygen atoms in total. The summed E-state index contributed by atoms with van der Waals surface area (Å²) < 4.78 is 4.85. The predicted octanol–water partition coefficient (Wildman–Crippen LogP) is 2.16. The first-order valence-electron chi connectivity index (χ1n) is 7.47. The largest absolute Gasteiger partial charge is 0.465 e. The van der Waals surface area contributed by atoms with E-state index in [1.165, 1.54) is 36.4 Å². The van der Waals surface area contributed by atoms with Gasteiger partial charge in [-0.1, -0.05) is 0 Å². The predicted molar refractivity (Wildman–Crippen MR) is 88.2 cm³/mol. The third-order valence-electron chi connectivity index (χ3n) is 4.34. The lowest BCUT2D eigenvalue weighted by molar-refractivity contribution is 0.0602. The molecule has 0 saturated carbocycles. The van der Waals surface area contributed by atoms with E-state index in [9.17, 15) is 4.79 Å². The highest BCUT2D eigenvalue weighted by Gasteiger charge is 2.27. The van der Waals surface area contributed by atoms with Crippen LogP contribution in [0.4, 0.5) is 0 Å². The highest BCUT2D eigenvalue weighted by Crippen LogP contribution is 2.24. The maximum atomic E-state index is 11.7. The number of rotatable bonds is 4. The number of carbonyl (C=O) groups excluding carboxylic acids is 1. The maximum Gasteiger partial charge on any atom is 0.348 e. The van der Waals surface area contributed by atoms with Crippen LogP contribution >= 0.6 is 23.1 Å². The van der Waals surface area contributed by atoms with Crippen molar-refractivity contribution in [3.8, 4) is 0 Å². The molecule has 1 aromatic rings. The zero-order chi connectivity index (χ0) is 14.7. The molecule has 2 saturated heterocycles. The smallest absolute Gasteiger partial charge is 0.348 e. The van der Waals surface area contributed by atoms with E-state index in [1.807, 2.05) is 5.38 Å². The summed E-state index contributed by atoms with van der Waals surface area (Å²) in [4.78, 5) is 17.6. The lowest BCUT2D eigenvalue weighted by Crippen LogP contribution is -2.50. The van der Waals surface area contributed by atoms with Crippen molar-refractivity contribution in [2.75, 3.05) is 44.8 Å². The number of piperazine rings is 1. The van der Waals surface area contributed by atoms with E-state index >= 15 is 0 Å². The summed E-state index contributed by atoms with van der Waals surface area (Å²) >= 11 is 3.56. The SMILES string of the molecule is COC(=O)c1sccc1CN1CCN([C@H]2CCSC2)CC1. The Balaban J connectivity index is 1.53. The number of carbonyl (C=O) groups is 1. The molecule has 2 aliphatic rings. The molecular formula is C15H22N2O2S2. The zero-order valence-electron chi connectivity index (χ0n) is 12.4. The van der Waals surface area contributed by atoms with Crippen molar-refractivity contribution in [1.82, 2.24) is 9.80 Å². The molecule has 0 unspecified atom stereocenters. The lowest BCUT2D eigenvalue weighted by atomic mass is 10.1. The van der Waals surface area contributed by atoms with Gasteiger partial charge in [0.1, 0.15) is 4.88 Å². The molecule has 0 aromatic carbocycles. The highest BCUT2D eigenvalue weighted by atomic mass is 32.2. The van der Waals surface area contributed by atoms with Crippen LogP contribution in [0.5, 0.6) is 0 Å². The lowest BCUT2D eigenvalue weighted by Gasteiger charge is -2.37. The summed E-state index contributed by atoms with van der Waals surface area (Å²) in [5.41, 5.74) is 1.11. The molecule has 2 fully saturated rings. The van der Waals surface area contributed by atoms with E-state index in [-0.39, 0.29) is 5.97 Å². The number of nitrogens with zero attached hydrogens (tertiary/aromatic N) is 2. The van der Waals surface area contributed by atoms with Gasteiger partial charge < -0.3 is 4.74 Å². The Morgan fingerprint density at radius 2 is 2.19 bits per heavy atom. The van der Waals surface area contributed by atoms with E-state index in [4.69, 9.17) is 4.74 Å². The van der Waals surface area contributed by atoms with E-state index in [2.05, 4.69) is 27.6 Å². The number of thioether (sulfide) groups is 1. The number of esters is 1. The number of ether oxygens (including phenoxy) is 1. The van der Waals surface area contributed by atoms with Gasteiger partial charge in [0.25, 0.3) is 0 Å². The first-order valence-corrected chi connectivity index (χ1v) is 9.50. The average Bonchev–Trinajstić information content (AvgIpc) is 3.18. The highest BCUT2D eigenvalue weighted by molar-refractivity contribution is 7.99. The molecule has 3 heterocycles. The van der Waals surface area contributed by atoms with Crippen molar-refractivity contribution >= 4 is 29.1 Å². The summed E-state index contributed by atoms with van der Waals surface area (Å²) in [5, 5.41) is 1.98. The third-order valence-corrected chi connectivity index (χ3v) is 6.42. The second-order valence-electron chi connectivity index (χ2n) is 5.60. The van der Waals surface area contributed by atoms with E-state index in [0.717, 1.165) is 49.2 Å². The Bertz CT molecular complexity index is 478. The number of methoxy groups -OCH3 is 1. The van der Waals surface area contributed by atoms with E-state index in [0.29, 0.717) is 0 Å². The van der Waals surface area contributed by atoms with Crippen LogP contribution in [-0.4, -0.2) is 66.6 Å². The molecule has 1 aromatic heterocycles. The van der Waals surface area contributed by atoms with Crippen LogP contribution in [0.25, 0.3) is 0 Å². The van der Waals surface area contributed by atoms with Gasteiger partial charge in [-0.15, -0.1) is 11.3 Å². The van der Waals surface area contributed by atoms with Gasteiger partial charge in [-0.2, -0.15) is 11.8 Å². The molecule has 0 N–H and O–H groups in total. The standard InChI is InChI=1S/C15H22N2O2S2/c1-19-15(18)14-12(2-9-21-14)10-16-4-6-17(7-5-16)13-3-8-20-11-13/h2,9,13H,3-8,10-11H2,1H3/t13-/m0/s1. The summed E-state index contributed by atoms with van der Waals surface area (Å²) in [7, 11) is 1.45. The summed E-state index contributed by atoms with van der Waals surface area (Å²) in [6.07, 6.45) is 1.35. The minimum absolute atomic E-state index is 0.207. The van der Waals surface area contributed by atoms with E-state index in [1.54, 1.807) is 0 Å². The minimum atomic E-state index is -0.207. The molecule has 0 radical (unpaired) electrons. The molecule has 0 spiro atoms. The maximum absolute atomic E-state index is 11.7. The van der Waals surface area contributed by atoms with Gasteiger partial charge in [0.05, 0.1) is 7.11 Å². The Labute approximate surface area is 134 Å². The molecule has 116 valence electrons. The summed E-state index contributed by atoms with van der Waals surface area (Å²) in [5.74, 6) is 2.42. The van der Waals surface area contributed by atoms with Crippen LogP contribution in [0, 0.1) is 0 Å². The molecule has 21 heavy (non-hydrogen) atoms. The van der Waals surface area contributed by atoms with Crippen molar-refractivity contribution in [2.24, 2.45) is 0 Å². The molecule has 0 bridgehead atoms. The Morgan fingerprint density at radius 3 is 2.86 bits per heavy atom. The van der Waals surface area contributed by atoms with Crippen LogP contribution in [-0.2, 0) is 11.3 Å². The number of hydrogen-bond acceptors (Lipinski definition) is 6. The molecule has 2 aliphatic heterocycles. The Kier molecular flexibility index (Phi) is 5.21. The third kappa shape index (κ3) is 3.62. The monoisotopic (exact) mass is 326 g/mol. The van der Waals surface area contributed by atoms with Gasteiger partial charge in [-0.05, 0) is 29.2 Å². The van der Waals surface area contributed by atoms with Crippen LogP contribution in [0.1, 0.15) is 21.7 Å². The summed E-state index contributed by atoms with van der Waals surface area (Å²) in [6, 6.07) is 2.85. The molecule has 0 amide bonds. The van der Waals surface area contributed by atoms with E-state index < -0.39 is 0 Å². The topological polar surface area (TPSA) is 32.8 Å². The van der Waals surface area contributed by atoms with Gasteiger partial charge >= 0.3 is 5.97 Å². The molecular weight excluding hydrogens is 304 g/mol. The Morgan fingerprint density at radius 1 is 1.38 bits per heavy atom. The van der Waals surface area contributed by atoms with Crippen LogP contribution in [0.15, 0.2) is 11.4 Å². The van der Waals surface area contributed by atoms with Gasteiger partial charge in [-0.3, -0.25) is 9.80 Å². The fourth-order valence-electron chi connectivity index (χ4n) is 3.07. The molecule has 6 heteroatoms. The van der Waals surface area contributed by atoms with Gasteiger partial charge in [0.15, 0.2) is 0 Å². The molecule has 3 rings (SSSR count). The normalized spacial score (nSPS) is 24.3. The van der Waals surface area contributed by atoms with Gasteiger partial charge in [0.2, 0.25) is 0 Å². The van der Waals surface area contributed by atoms with Crippen LogP contribution in [0.2, 0.25) is 0 Å². The van der Waals surface area contributed by atoms with Crippen molar-refractivity contribution in [1.29, 1.82) is 0 Å². The van der Waals surface area contributed by atoms with Crippen molar-refractivity contribution in [3.05, 3.63) is 21.9 Å².